The van der Waals surface area contributed by atoms with Gasteiger partial charge in [-0.15, -0.1) is 11.3 Å². The molecule has 0 spiro atoms. The Morgan fingerprint density at radius 2 is 1.86 bits per heavy atom. The summed E-state index contributed by atoms with van der Waals surface area (Å²) in [5, 5.41) is 0. The summed E-state index contributed by atoms with van der Waals surface area (Å²) >= 11 is 1.24. The summed E-state index contributed by atoms with van der Waals surface area (Å²) in [7, 11) is -1.74. The van der Waals surface area contributed by atoms with Crippen molar-refractivity contribution in [2.45, 2.75) is 13.3 Å². The van der Waals surface area contributed by atoms with Gasteiger partial charge in [0.05, 0.1) is 18.2 Å². The molecule has 10 heteroatoms. The average molecular weight is 442 g/mol. The average Bonchev–Trinajstić information content (AvgIpc) is 3.12. The van der Waals surface area contributed by atoms with Crippen molar-refractivity contribution in [3.05, 3.63) is 45.6 Å². The summed E-state index contributed by atoms with van der Waals surface area (Å²) in [6, 6.07) is 8.68. The van der Waals surface area contributed by atoms with Crippen molar-refractivity contribution in [2.75, 3.05) is 33.1 Å². The number of thiophene rings is 1. The number of esters is 1. The number of benzene rings is 1. The van der Waals surface area contributed by atoms with Crippen LogP contribution in [0.15, 0.2) is 30.3 Å². The second-order valence-corrected chi connectivity index (χ2v) is 9.21. The van der Waals surface area contributed by atoms with Gasteiger partial charge in [0.25, 0.3) is 0 Å². The Labute approximate surface area is 173 Å². The van der Waals surface area contributed by atoms with Crippen LogP contribution in [0.2, 0.25) is 0 Å². The molecule has 2 aromatic rings. The monoisotopic (exact) mass is 441 g/mol. The number of sulfonamides is 1. The minimum absolute atomic E-state index is 0.252. The van der Waals surface area contributed by atoms with Crippen LogP contribution in [0.5, 0.6) is 11.5 Å². The highest BCUT2D eigenvalue weighted by atomic mass is 32.2. The van der Waals surface area contributed by atoms with Gasteiger partial charge in [0.2, 0.25) is 15.8 Å². The Balaban J connectivity index is 1.78. The Morgan fingerprint density at radius 1 is 1.10 bits per heavy atom. The van der Waals surface area contributed by atoms with E-state index in [1.807, 2.05) is 13.0 Å². The lowest BCUT2D eigenvalue weighted by Crippen LogP contribution is -2.24. The maximum Gasteiger partial charge on any atom is 0.344 e. The van der Waals surface area contributed by atoms with Gasteiger partial charge in [-0.25, -0.2) is 17.9 Å². The van der Waals surface area contributed by atoms with E-state index in [1.165, 1.54) is 18.4 Å². The first-order valence-electron chi connectivity index (χ1n) is 8.67. The normalized spacial score (nSPS) is 11.1. The molecular formula is C19H23NO7S2. The molecule has 29 heavy (non-hydrogen) atoms. The van der Waals surface area contributed by atoms with Crippen molar-refractivity contribution in [2.24, 2.45) is 0 Å². The van der Waals surface area contributed by atoms with Crippen LogP contribution in [0.1, 0.15) is 20.1 Å². The quantitative estimate of drug-likeness (QED) is 0.419. The molecule has 158 valence electrons. The van der Waals surface area contributed by atoms with E-state index in [0.717, 1.165) is 16.7 Å². The number of methoxy groups -OCH3 is 1. The summed E-state index contributed by atoms with van der Waals surface area (Å²) in [5.41, 5.74) is 0.991. The van der Waals surface area contributed by atoms with E-state index < -0.39 is 22.6 Å². The van der Waals surface area contributed by atoms with Crippen LogP contribution >= 0.6 is 11.3 Å². The van der Waals surface area contributed by atoms with Gasteiger partial charge in [-0.3, -0.25) is 4.79 Å². The van der Waals surface area contributed by atoms with Gasteiger partial charge in [-0.1, -0.05) is 6.07 Å². The number of carbonyl (C=O) groups excluding carboxylic acids is 2. The summed E-state index contributed by atoms with van der Waals surface area (Å²) < 4.78 is 40.1. The standard InChI is InChI=1S/C19H23NO7S2/c1-13-4-6-16(17(10-13)25-2)26-12-19(22)27-11-15(21)18-7-5-14(28-18)8-9-20-29(3,23)24/h4-7,10,20H,8-9,11-12H2,1-3H3. The smallest absolute Gasteiger partial charge is 0.344 e. The lowest BCUT2D eigenvalue weighted by atomic mass is 10.2. The fraction of sp³-hybridized carbons (Fsp3) is 0.368. The Kier molecular flexibility index (Phi) is 8.18. The second kappa shape index (κ2) is 10.4. The molecule has 0 unspecified atom stereocenters. The summed E-state index contributed by atoms with van der Waals surface area (Å²) in [5.74, 6) is -0.0916. The van der Waals surface area contributed by atoms with E-state index >= 15 is 0 Å². The molecule has 8 nitrogen and oxygen atoms in total. The molecular weight excluding hydrogens is 418 g/mol. The number of nitrogens with one attached hydrogen (secondary N) is 1. The molecule has 0 radical (unpaired) electrons. The number of carbonyl (C=O) groups is 2. The molecule has 0 fully saturated rings. The first kappa shape index (κ1) is 22.9. The van der Waals surface area contributed by atoms with E-state index in [0.29, 0.717) is 22.8 Å². The molecule has 0 aliphatic carbocycles. The highest BCUT2D eigenvalue weighted by Crippen LogP contribution is 2.27. The Morgan fingerprint density at radius 3 is 2.55 bits per heavy atom. The van der Waals surface area contributed by atoms with E-state index in [-0.39, 0.29) is 18.9 Å². The molecule has 2 rings (SSSR count). The molecule has 0 atom stereocenters. The molecule has 1 heterocycles. The van der Waals surface area contributed by atoms with Gasteiger partial charge in [0.1, 0.15) is 0 Å². The van der Waals surface area contributed by atoms with E-state index in [4.69, 9.17) is 14.2 Å². The summed E-state index contributed by atoms with van der Waals surface area (Å²) in [4.78, 5) is 25.3. The van der Waals surface area contributed by atoms with Crippen LogP contribution in [-0.2, 0) is 26.0 Å². The van der Waals surface area contributed by atoms with Crippen molar-refractivity contribution < 1.29 is 32.2 Å². The molecule has 0 saturated heterocycles. The molecule has 1 N–H and O–H groups in total. The maximum absolute atomic E-state index is 12.2. The van der Waals surface area contributed by atoms with E-state index in [9.17, 15) is 18.0 Å². The zero-order valence-corrected chi connectivity index (χ0v) is 18.0. The van der Waals surface area contributed by atoms with E-state index in [2.05, 4.69) is 4.72 Å². The third-order valence-corrected chi connectivity index (χ3v) is 5.62. The molecule has 0 bridgehead atoms. The molecule has 1 aromatic carbocycles. The number of rotatable bonds is 11. The third kappa shape index (κ3) is 7.84. The lowest BCUT2D eigenvalue weighted by molar-refractivity contribution is -0.144. The zero-order valence-electron chi connectivity index (χ0n) is 16.4. The van der Waals surface area contributed by atoms with Gasteiger partial charge >= 0.3 is 5.97 Å². The third-order valence-electron chi connectivity index (χ3n) is 3.70. The van der Waals surface area contributed by atoms with Crippen LogP contribution < -0.4 is 14.2 Å². The summed E-state index contributed by atoms with van der Waals surface area (Å²) in [6.45, 7) is 1.42. The van der Waals surface area contributed by atoms with Crippen molar-refractivity contribution in [1.82, 2.24) is 4.72 Å². The minimum Gasteiger partial charge on any atom is -0.493 e. The van der Waals surface area contributed by atoms with Gasteiger partial charge in [-0.05, 0) is 43.2 Å². The second-order valence-electron chi connectivity index (χ2n) is 6.21. The van der Waals surface area contributed by atoms with Crippen molar-refractivity contribution in [3.63, 3.8) is 0 Å². The van der Waals surface area contributed by atoms with Crippen LogP contribution in [0.3, 0.4) is 0 Å². The molecule has 0 saturated carbocycles. The van der Waals surface area contributed by atoms with Gasteiger partial charge in [0.15, 0.2) is 24.7 Å². The fourth-order valence-corrected chi connectivity index (χ4v) is 3.72. The molecule has 0 amide bonds. The predicted octanol–water partition coefficient (Wildman–Crippen LogP) is 1.96. The van der Waals surface area contributed by atoms with Crippen LogP contribution in [0.4, 0.5) is 0 Å². The van der Waals surface area contributed by atoms with Gasteiger partial charge in [0, 0.05) is 11.4 Å². The lowest BCUT2D eigenvalue weighted by Gasteiger charge is -2.10. The highest BCUT2D eigenvalue weighted by molar-refractivity contribution is 7.88. The van der Waals surface area contributed by atoms with Crippen LogP contribution in [-0.4, -0.2) is 53.3 Å². The number of hydrogen-bond acceptors (Lipinski definition) is 8. The minimum atomic E-state index is -3.24. The topological polar surface area (TPSA) is 108 Å². The largest absolute Gasteiger partial charge is 0.493 e. The van der Waals surface area contributed by atoms with Gasteiger partial charge < -0.3 is 14.2 Å². The first-order valence-corrected chi connectivity index (χ1v) is 11.4. The predicted molar refractivity (Wildman–Crippen MR) is 109 cm³/mol. The van der Waals surface area contributed by atoms with E-state index in [1.54, 1.807) is 24.3 Å². The number of hydrogen-bond donors (Lipinski definition) is 1. The Bertz CT molecular complexity index is 967. The number of ether oxygens (including phenoxy) is 3. The molecule has 1 aromatic heterocycles. The zero-order chi connectivity index (χ0) is 21.4. The molecule has 0 aliphatic heterocycles. The Hall–Kier alpha value is -2.43. The van der Waals surface area contributed by atoms with Crippen LogP contribution in [0, 0.1) is 6.92 Å². The van der Waals surface area contributed by atoms with Crippen molar-refractivity contribution in [3.8, 4) is 11.5 Å². The SMILES string of the molecule is COc1cc(C)ccc1OCC(=O)OCC(=O)c1ccc(CCNS(C)(=O)=O)s1. The highest BCUT2D eigenvalue weighted by Gasteiger charge is 2.14. The van der Waals surface area contributed by atoms with Crippen molar-refractivity contribution >= 4 is 33.1 Å². The fourth-order valence-electron chi connectivity index (χ4n) is 2.31. The van der Waals surface area contributed by atoms with Crippen LogP contribution in [0.25, 0.3) is 0 Å². The number of aryl methyl sites for hydroxylation is 1. The summed E-state index contributed by atoms with van der Waals surface area (Å²) in [6.07, 6.45) is 1.56. The maximum atomic E-state index is 12.2. The van der Waals surface area contributed by atoms with Crippen molar-refractivity contribution in [1.29, 1.82) is 0 Å². The number of ketones is 1. The molecule has 0 aliphatic rings. The van der Waals surface area contributed by atoms with Gasteiger partial charge in [-0.2, -0.15) is 0 Å². The first-order chi connectivity index (χ1) is 13.7. The number of Topliss-reactive ketones (excluding diaryl/α,β-unsaturated/α-hetero) is 1.